The predicted octanol–water partition coefficient (Wildman–Crippen LogP) is 3.09. The van der Waals surface area contributed by atoms with Gasteiger partial charge in [0.05, 0.1) is 6.04 Å². The fraction of sp³-hybridized carbons (Fsp3) is 0.941. The molecule has 0 rings (SSSR count). The highest BCUT2D eigenvalue weighted by Gasteiger charge is 2.11. The molecule has 21 heavy (non-hydrogen) atoms. The topological polar surface area (TPSA) is 81.1 Å². The van der Waals surface area contributed by atoms with Gasteiger partial charge in [0.1, 0.15) is 0 Å². The number of carbonyl (C=O) groups excluding carboxylic acids is 1. The fourth-order valence-corrected chi connectivity index (χ4v) is 2.42. The van der Waals surface area contributed by atoms with Gasteiger partial charge in [0.15, 0.2) is 0 Å². The minimum atomic E-state index is -0.392. The minimum Gasteiger partial charge on any atom is -0.355 e. The summed E-state index contributed by atoms with van der Waals surface area (Å²) in [6.45, 7) is 3.61. The Balaban J connectivity index is 3.23. The number of nitrogens with two attached hydrogens (primary N) is 2. The van der Waals surface area contributed by atoms with E-state index >= 15 is 0 Å². The van der Waals surface area contributed by atoms with Crippen LogP contribution in [0.25, 0.3) is 0 Å². The Kier molecular flexibility index (Phi) is 15.3. The van der Waals surface area contributed by atoms with Gasteiger partial charge in [-0.2, -0.15) is 0 Å². The van der Waals surface area contributed by atoms with Crippen molar-refractivity contribution < 1.29 is 4.79 Å². The van der Waals surface area contributed by atoms with Crippen LogP contribution in [0.3, 0.4) is 0 Å². The van der Waals surface area contributed by atoms with E-state index in [4.69, 9.17) is 11.5 Å². The number of hydrogen-bond donors (Lipinski definition) is 3. The molecule has 0 aliphatic heterocycles. The first-order valence-electron chi connectivity index (χ1n) is 8.95. The Bertz CT molecular complexity index is 234. The van der Waals surface area contributed by atoms with Crippen molar-refractivity contribution in [2.45, 2.75) is 90.0 Å². The highest BCUT2D eigenvalue weighted by atomic mass is 16.2. The molecule has 0 fully saturated rings. The van der Waals surface area contributed by atoms with Crippen molar-refractivity contribution in [3.63, 3.8) is 0 Å². The van der Waals surface area contributed by atoms with Crippen molar-refractivity contribution in [2.24, 2.45) is 11.5 Å². The number of rotatable bonds is 15. The van der Waals surface area contributed by atoms with Gasteiger partial charge in [0.25, 0.3) is 0 Å². The van der Waals surface area contributed by atoms with E-state index in [-0.39, 0.29) is 5.91 Å². The van der Waals surface area contributed by atoms with Gasteiger partial charge >= 0.3 is 0 Å². The predicted molar refractivity (Wildman–Crippen MR) is 91.1 cm³/mol. The van der Waals surface area contributed by atoms with E-state index in [9.17, 15) is 4.79 Å². The van der Waals surface area contributed by atoms with Crippen LogP contribution in [-0.2, 0) is 4.79 Å². The summed E-state index contributed by atoms with van der Waals surface area (Å²) >= 11 is 0. The van der Waals surface area contributed by atoms with Gasteiger partial charge in [0, 0.05) is 6.54 Å². The van der Waals surface area contributed by atoms with Gasteiger partial charge in [0.2, 0.25) is 5.91 Å². The number of carbonyl (C=O) groups is 1. The quantitative estimate of drug-likeness (QED) is 0.406. The molecule has 0 unspecified atom stereocenters. The van der Waals surface area contributed by atoms with Crippen LogP contribution in [0.5, 0.6) is 0 Å². The Morgan fingerprint density at radius 1 is 0.905 bits per heavy atom. The van der Waals surface area contributed by atoms with Crippen LogP contribution >= 0.6 is 0 Å². The zero-order valence-electron chi connectivity index (χ0n) is 14.0. The summed E-state index contributed by atoms with van der Waals surface area (Å²) in [6, 6.07) is -0.392. The molecule has 1 amide bonds. The van der Waals surface area contributed by atoms with E-state index in [1.807, 2.05) is 0 Å². The number of amides is 1. The molecule has 0 saturated carbocycles. The average Bonchev–Trinajstić information content (AvgIpc) is 2.49. The highest BCUT2D eigenvalue weighted by Crippen LogP contribution is 2.10. The summed E-state index contributed by atoms with van der Waals surface area (Å²) < 4.78 is 0. The molecule has 0 aliphatic rings. The Hall–Kier alpha value is -0.610. The van der Waals surface area contributed by atoms with Gasteiger partial charge < -0.3 is 16.8 Å². The molecule has 0 spiro atoms. The monoisotopic (exact) mass is 299 g/mol. The molecule has 0 aliphatic carbocycles. The Morgan fingerprint density at radius 3 is 1.95 bits per heavy atom. The van der Waals surface area contributed by atoms with Crippen molar-refractivity contribution in [1.82, 2.24) is 5.32 Å². The van der Waals surface area contributed by atoms with Crippen LogP contribution in [0.2, 0.25) is 0 Å². The maximum absolute atomic E-state index is 11.6. The molecule has 4 nitrogen and oxygen atoms in total. The molecule has 0 aromatic heterocycles. The maximum Gasteiger partial charge on any atom is 0.236 e. The van der Waals surface area contributed by atoms with Crippen molar-refractivity contribution in [1.29, 1.82) is 0 Å². The molecule has 0 radical (unpaired) electrons. The summed E-state index contributed by atoms with van der Waals surface area (Å²) in [6.07, 6.45) is 14.6. The maximum atomic E-state index is 11.6. The third kappa shape index (κ3) is 14.1. The molecule has 0 saturated heterocycles. The normalized spacial score (nSPS) is 12.3. The van der Waals surface area contributed by atoms with Crippen LogP contribution in [0.4, 0.5) is 0 Å². The molecule has 126 valence electrons. The van der Waals surface area contributed by atoms with E-state index in [1.54, 1.807) is 0 Å². The van der Waals surface area contributed by atoms with E-state index in [1.165, 1.54) is 57.8 Å². The standard InChI is InChI=1S/C17H37N3O/c1-2-3-4-5-6-7-8-9-10-11-15-20-17(21)16(19)13-12-14-18/h16H,2-15,18-19H2,1H3,(H,20,21)/t16-/m1/s1. The summed E-state index contributed by atoms with van der Waals surface area (Å²) in [5, 5.41) is 2.91. The van der Waals surface area contributed by atoms with Gasteiger partial charge in [-0.15, -0.1) is 0 Å². The lowest BCUT2D eigenvalue weighted by Crippen LogP contribution is -2.41. The van der Waals surface area contributed by atoms with Crippen LogP contribution in [0, 0.1) is 0 Å². The fourth-order valence-electron chi connectivity index (χ4n) is 2.42. The third-order valence-electron chi connectivity index (χ3n) is 3.89. The summed E-state index contributed by atoms with van der Waals surface area (Å²) in [4.78, 5) is 11.6. The van der Waals surface area contributed by atoms with Crippen molar-refractivity contribution >= 4 is 5.91 Å². The smallest absolute Gasteiger partial charge is 0.236 e. The Labute approximate surface area is 131 Å². The SMILES string of the molecule is CCCCCCCCCCCCNC(=O)[C@H](N)CCCN. The summed E-state index contributed by atoms with van der Waals surface area (Å²) in [5.74, 6) is -0.0284. The molecular formula is C17H37N3O. The molecular weight excluding hydrogens is 262 g/mol. The average molecular weight is 300 g/mol. The van der Waals surface area contributed by atoms with Crippen molar-refractivity contribution in [2.75, 3.05) is 13.1 Å². The van der Waals surface area contributed by atoms with Gasteiger partial charge in [-0.3, -0.25) is 4.79 Å². The van der Waals surface area contributed by atoms with Crippen molar-refractivity contribution in [3.8, 4) is 0 Å². The molecule has 0 heterocycles. The van der Waals surface area contributed by atoms with Crippen LogP contribution < -0.4 is 16.8 Å². The summed E-state index contributed by atoms with van der Waals surface area (Å²) in [5.41, 5.74) is 11.2. The lowest BCUT2D eigenvalue weighted by Gasteiger charge is -2.11. The lowest BCUT2D eigenvalue weighted by molar-refractivity contribution is -0.122. The molecule has 5 N–H and O–H groups in total. The first kappa shape index (κ1) is 20.4. The molecule has 0 bridgehead atoms. The zero-order chi connectivity index (χ0) is 15.8. The summed E-state index contributed by atoms with van der Waals surface area (Å²) in [7, 11) is 0. The largest absolute Gasteiger partial charge is 0.355 e. The van der Waals surface area contributed by atoms with Gasteiger partial charge in [-0.25, -0.2) is 0 Å². The van der Waals surface area contributed by atoms with Gasteiger partial charge in [-0.1, -0.05) is 64.7 Å². The van der Waals surface area contributed by atoms with Gasteiger partial charge in [-0.05, 0) is 25.8 Å². The minimum absolute atomic E-state index is 0.0284. The second-order valence-electron chi connectivity index (χ2n) is 6.01. The van der Waals surface area contributed by atoms with E-state index in [2.05, 4.69) is 12.2 Å². The lowest BCUT2D eigenvalue weighted by atomic mass is 10.1. The number of nitrogens with one attached hydrogen (secondary N) is 1. The van der Waals surface area contributed by atoms with Crippen LogP contribution in [0.15, 0.2) is 0 Å². The van der Waals surface area contributed by atoms with E-state index in [0.717, 1.165) is 19.4 Å². The molecule has 4 heteroatoms. The number of hydrogen-bond acceptors (Lipinski definition) is 3. The molecule has 0 aromatic rings. The second-order valence-corrected chi connectivity index (χ2v) is 6.01. The first-order chi connectivity index (χ1) is 10.2. The first-order valence-corrected chi connectivity index (χ1v) is 8.95. The second kappa shape index (κ2) is 15.8. The van der Waals surface area contributed by atoms with Crippen molar-refractivity contribution in [3.05, 3.63) is 0 Å². The van der Waals surface area contributed by atoms with Crippen LogP contribution in [-0.4, -0.2) is 25.0 Å². The molecule has 1 atom stereocenters. The van der Waals surface area contributed by atoms with E-state index in [0.29, 0.717) is 13.0 Å². The van der Waals surface area contributed by atoms with Crippen LogP contribution in [0.1, 0.15) is 84.0 Å². The third-order valence-corrected chi connectivity index (χ3v) is 3.89. The molecule has 0 aromatic carbocycles. The highest BCUT2D eigenvalue weighted by molar-refractivity contribution is 5.81. The van der Waals surface area contributed by atoms with E-state index < -0.39 is 6.04 Å². The number of unbranched alkanes of at least 4 members (excludes halogenated alkanes) is 9. The zero-order valence-corrected chi connectivity index (χ0v) is 14.0. The Morgan fingerprint density at radius 2 is 1.43 bits per heavy atom.